The van der Waals surface area contributed by atoms with Gasteiger partial charge in [-0.25, -0.2) is 4.79 Å². The third-order valence-corrected chi connectivity index (χ3v) is 2.93. The van der Waals surface area contributed by atoms with Crippen molar-refractivity contribution in [3.05, 3.63) is 0 Å². The van der Waals surface area contributed by atoms with Crippen LogP contribution in [0.3, 0.4) is 0 Å². The van der Waals surface area contributed by atoms with Crippen molar-refractivity contribution in [3.8, 4) is 0 Å². The lowest BCUT2D eigenvalue weighted by molar-refractivity contribution is -0.0140. The van der Waals surface area contributed by atoms with E-state index in [1.165, 1.54) is 7.11 Å². The average molecular weight is 171 g/mol. The Labute approximate surface area is 73.7 Å². The monoisotopic (exact) mass is 171 g/mol. The molecule has 0 aromatic rings. The Hall–Kier alpha value is -0.730. The first-order valence-corrected chi connectivity index (χ1v) is 4.32. The van der Waals surface area contributed by atoms with E-state index in [4.69, 9.17) is 0 Å². The highest BCUT2D eigenvalue weighted by Crippen LogP contribution is 2.37. The summed E-state index contributed by atoms with van der Waals surface area (Å²) in [5.74, 6) is 0.624. The average Bonchev–Trinajstić information content (AvgIpc) is 1.96. The maximum Gasteiger partial charge on any atom is 0.409 e. The molecule has 12 heavy (non-hydrogen) atoms. The van der Waals surface area contributed by atoms with E-state index in [0.717, 1.165) is 13.1 Å². The third-order valence-electron chi connectivity index (χ3n) is 2.93. The second-order valence-corrected chi connectivity index (χ2v) is 4.13. The molecule has 0 unspecified atom stereocenters. The number of likely N-dealkylation sites (tertiary alicyclic amines) is 1. The van der Waals surface area contributed by atoms with Crippen LogP contribution in [0.15, 0.2) is 0 Å². The molecule has 1 heterocycles. The summed E-state index contributed by atoms with van der Waals surface area (Å²) in [6.07, 6.45) is -0.201. The zero-order valence-corrected chi connectivity index (χ0v) is 8.26. The summed E-state index contributed by atoms with van der Waals surface area (Å²) < 4.78 is 4.61. The Kier molecular flexibility index (Phi) is 2.31. The molecule has 1 aliphatic heterocycles. The largest absolute Gasteiger partial charge is 0.453 e. The van der Waals surface area contributed by atoms with E-state index in [9.17, 15) is 4.79 Å². The van der Waals surface area contributed by atoms with Gasteiger partial charge in [0.15, 0.2) is 0 Å². The number of hydrogen-bond acceptors (Lipinski definition) is 2. The van der Waals surface area contributed by atoms with Gasteiger partial charge in [-0.05, 0) is 5.92 Å². The van der Waals surface area contributed by atoms with Crippen LogP contribution in [0.2, 0.25) is 0 Å². The van der Waals surface area contributed by atoms with Gasteiger partial charge < -0.3 is 9.64 Å². The molecule has 0 radical (unpaired) electrons. The van der Waals surface area contributed by atoms with E-state index >= 15 is 0 Å². The van der Waals surface area contributed by atoms with Crippen LogP contribution < -0.4 is 0 Å². The van der Waals surface area contributed by atoms with E-state index in [2.05, 4.69) is 25.5 Å². The molecule has 0 atom stereocenters. The fraction of sp³-hybridized carbons (Fsp3) is 0.889. The summed E-state index contributed by atoms with van der Waals surface area (Å²) in [6, 6.07) is 0. The minimum absolute atomic E-state index is 0.201. The third kappa shape index (κ3) is 1.40. The lowest BCUT2D eigenvalue weighted by Gasteiger charge is -2.49. The molecule has 1 fully saturated rings. The van der Waals surface area contributed by atoms with Crippen molar-refractivity contribution in [3.63, 3.8) is 0 Å². The fourth-order valence-electron chi connectivity index (χ4n) is 1.45. The molecule has 0 spiro atoms. The van der Waals surface area contributed by atoms with Crippen molar-refractivity contribution < 1.29 is 9.53 Å². The molecule has 3 nitrogen and oxygen atoms in total. The Morgan fingerprint density at radius 3 is 2.33 bits per heavy atom. The van der Waals surface area contributed by atoms with Crippen LogP contribution in [0.1, 0.15) is 20.8 Å². The normalized spacial score (nSPS) is 20.6. The van der Waals surface area contributed by atoms with E-state index in [-0.39, 0.29) is 6.09 Å². The number of carbonyl (C=O) groups is 1. The second kappa shape index (κ2) is 2.96. The van der Waals surface area contributed by atoms with Crippen molar-refractivity contribution in [2.24, 2.45) is 11.3 Å². The molecule has 1 aliphatic rings. The first-order chi connectivity index (χ1) is 5.49. The molecule has 0 aliphatic carbocycles. The number of methoxy groups -OCH3 is 1. The van der Waals surface area contributed by atoms with Gasteiger partial charge in [0, 0.05) is 18.5 Å². The van der Waals surface area contributed by atoms with Gasteiger partial charge in [-0.15, -0.1) is 0 Å². The predicted octanol–water partition coefficient (Wildman–Crippen LogP) is 1.73. The molecule has 0 aromatic carbocycles. The Morgan fingerprint density at radius 1 is 1.50 bits per heavy atom. The summed E-state index contributed by atoms with van der Waals surface area (Å²) in [6.45, 7) is 8.25. The maximum absolute atomic E-state index is 11.0. The molecule has 0 bridgehead atoms. The second-order valence-electron chi connectivity index (χ2n) is 4.13. The summed E-state index contributed by atoms with van der Waals surface area (Å²) in [4.78, 5) is 12.7. The molecule has 0 aromatic heterocycles. The van der Waals surface area contributed by atoms with Crippen LogP contribution in [0.25, 0.3) is 0 Å². The standard InChI is InChI=1S/C9H17NO2/c1-7(2)9(3)5-10(6-9)8(11)12-4/h7H,5-6H2,1-4H3. The van der Waals surface area contributed by atoms with Gasteiger partial charge in [0.05, 0.1) is 7.11 Å². The number of carbonyl (C=O) groups excluding carboxylic acids is 1. The number of ether oxygens (including phenoxy) is 1. The Bertz CT molecular complexity index is 183. The summed E-state index contributed by atoms with van der Waals surface area (Å²) in [7, 11) is 1.42. The molecule has 70 valence electrons. The summed E-state index contributed by atoms with van der Waals surface area (Å²) >= 11 is 0. The highest BCUT2D eigenvalue weighted by molar-refractivity contribution is 5.68. The van der Waals surface area contributed by atoms with E-state index in [1.807, 2.05) is 0 Å². The van der Waals surface area contributed by atoms with E-state index in [0.29, 0.717) is 11.3 Å². The van der Waals surface area contributed by atoms with Crippen LogP contribution >= 0.6 is 0 Å². The maximum atomic E-state index is 11.0. The molecular formula is C9H17NO2. The Morgan fingerprint density at radius 2 is 2.00 bits per heavy atom. The van der Waals surface area contributed by atoms with Crippen molar-refractivity contribution in [2.45, 2.75) is 20.8 Å². The molecule has 0 N–H and O–H groups in total. The fourth-order valence-corrected chi connectivity index (χ4v) is 1.45. The van der Waals surface area contributed by atoms with Crippen molar-refractivity contribution in [1.29, 1.82) is 0 Å². The highest BCUT2D eigenvalue weighted by atomic mass is 16.5. The minimum Gasteiger partial charge on any atom is -0.453 e. The number of amides is 1. The minimum atomic E-state index is -0.201. The van der Waals surface area contributed by atoms with Crippen LogP contribution in [0.4, 0.5) is 4.79 Å². The van der Waals surface area contributed by atoms with Crippen molar-refractivity contribution in [2.75, 3.05) is 20.2 Å². The van der Waals surface area contributed by atoms with Gasteiger partial charge in [-0.3, -0.25) is 0 Å². The molecule has 3 heteroatoms. The number of rotatable bonds is 1. The van der Waals surface area contributed by atoms with Crippen LogP contribution in [-0.4, -0.2) is 31.2 Å². The van der Waals surface area contributed by atoms with Gasteiger partial charge in [-0.2, -0.15) is 0 Å². The number of hydrogen-bond donors (Lipinski definition) is 0. The first-order valence-electron chi connectivity index (χ1n) is 4.32. The van der Waals surface area contributed by atoms with Crippen molar-refractivity contribution >= 4 is 6.09 Å². The van der Waals surface area contributed by atoms with Crippen molar-refractivity contribution in [1.82, 2.24) is 4.90 Å². The predicted molar refractivity (Wildman–Crippen MR) is 46.9 cm³/mol. The van der Waals surface area contributed by atoms with E-state index < -0.39 is 0 Å². The molecule has 1 saturated heterocycles. The van der Waals surface area contributed by atoms with E-state index in [1.54, 1.807) is 4.90 Å². The van der Waals surface area contributed by atoms with Crippen LogP contribution in [-0.2, 0) is 4.74 Å². The van der Waals surface area contributed by atoms with Gasteiger partial charge in [0.25, 0.3) is 0 Å². The van der Waals surface area contributed by atoms with Gasteiger partial charge >= 0.3 is 6.09 Å². The number of nitrogens with zero attached hydrogens (tertiary/aromatic N) is 1. The zero-order valence-electron chi connectivity index (χ0n) is 8.26. The molecule has 1 amide bonds. The van der Waals surface area contributed by atoms with Gasteiger partial charge in [0.1, 0.15) is 0 Å². The lowest BCUT2D eigenvalue weighted by atomic mass is 9.73. The first kappa shape index (κ1) is 9.36. The summed E-state index contributed by atoms with van der Waals surface area (Å²) in [5, 5.41) is 0. The topological polar surface area (TPSA) is 29.5 Å². The quantitative estimate of drug-likeness (QED) is 0.601. The van der Waals surface area contributed by atoms with Crippen LogP contribution in [0.5, 0.6) is 0 Å². The molecule has 1 rings (SSSR count). The SMILES string of the molecule is COC(=O)N1CC(C)(C(C)C)C1. The molecule has 0 saturated carbocycles. The van der Waals surface area contributed by atoms with Gasteiger partial charge in [-0.1, -0.05) is 20.8 Å². The Balaban J connectivity index is 2.41. The van der Waals surface area contributed by atoms with Gasteiger partial charge in [0.2, 0.25) is 0 Å². The lowest BCUT2D eigenvalue weighted by Crippen LogP contribution is -2.59. The summed E-state index contributed by atoms with van der Waals surface area (Å²) in [5.41, 5.74) is 0.300. The van der Waals surface area contributed by atoms with Crippen LogP contribution in [0, 0.1) is 11.3 Å². The molecular weight excluding hydrogens is 154 g/mol. The zero-order chi connectivity index (χ0) is 9.35. The highest BCUT2D eigenvalue weighted by Gasteiger charge is 2.43. The smallest absolute Gasteiger partial charge is 0.409 e.